The SMILES string of the molecule is Cc1cccc(CN2CCC(CNC(C)(C)C)C2)n1. The van der Waals surface area contributed by atoms with Crippen LogP contribution in [0, 0.1) is 12.8 Å². The number of nitrogens with zero attached hydrogens (tertiary/aromatic N) is 2. The van der Waals surface area contributed by atoms with Gasteiger partial charge in [0.25, 0.3) is 0 Å². The van der Waals surface area contributed by atoms with Gasteiger partial charge in [0.15, 0.2) is 0 Å². The summed E-state index contributed by atoms with van der Waals surface area (Å²) >= 11 is 0. The van der Waals surface area contributed by atoms with Crippen molar-refractivity contribution in [2.45, 2.75) is 46.2 Å². The Balaban J connectivity index is 1.79. The van der Waals surface area contributed by atoms with Gasteiger partial charge in [0.05, 0.1) is 5.69 Å². The lowest BCUT2D eigenvalue weighted by Gasteiger charge is -2.23. The van der Waals surface area contributed by atoms with Gasteiger partial charge in [-0.05, 0) is 65.3 Å². The first kappa shape index (κ1) is 14.5. The molecule has 1 aromatic heterocycles. The van der Waals surface area contributed by atoms with Crippen LogP contribution < -0.4 is 5.32 Å². The smallest absolute Gasteiger partial charge is 0.0547 e. The fourth-order valence-electron chi connectivity index (χ4n) is 2.59. The average molecular weight is 261 g/mol. The minimum atomic E-state index is 0.228. The first-order valence-corrected chi connectivity index (χ1v) is 7.32. The molecule has 2 rings (SSSR count). The van der Waals surface area contributed by atoms with Crippen LogP contribution in [0.25, 0.3) is 0 Å². The summed E-state index contributed by atoms with van der Waals surface area (Å²) in [6.07, 6.45) is 1.30. The zero-order valence-electron chi connectivity index (χ0n) is 12.7. The molecule has 0 amide bonds. The van der Waals surface area contributed by atoms with E-state index in [1.807, 2.05) is 0 Å². The van der Waals surface area contributed by atoms with Gasteiger partial charge in [-0.15, -0.1) is 0 Å². The maximum Gasteiger partial charge on any atom is 0.0547 e. The third kappa shape index (κ3) is 4.92. The van der Waals surface area contributed by atoms with Crippen molar-refractivity contribution >= 4 is 0 Å². The molecule has 0 spiro atoms. The van der Waals surface area contributed by atoms with Crippen molar-refractivity contribution < 1.29 is 0 Å². The molecule has 19 heavy (non-hydrogen) atoms. The van der Waals surface area contributed by atoms with Crippen molar-refractivity contribution in [3.8, 4) is 0 Å². The molecule has 1 unspecified atom stereocenters. The lowest BCUT2D eigenvalue weighted by molar-refractivity contribution is 0.302. The van der Waals surface area contributed by atoms with E-state index in [1.54, 1.807) is 0 Å². The molecule has 2 heterocycles. The van der Waals surface area contributed by atoms with Gasteiger partial charge in [0.2, 0.25) is 0 Å². The molecular weight excluding hydrogens is 234 g/mol. The normalized spacial score (nSPS) is 20.9. The van der Waals surface area contributed by atoms with Crippen LogP contribution in [-0.4, -0.2) is 35.1 Å². The van der Waals surface area contributed by atoms with E-state index in [4.69, 9.17) is 0 Å². The minimum Gasteiger partial charge on any atom is -0.312 e. The predicted molar refractivity (Wildman–Crippen MR) is 80.1 cm³/mol. The van der Waals surface area contributed by atoms with Crippen molar-refractivity contribution in [1.82, 2.24) is 15.2 Å². The number of aryl methyl sites for hydroxylation is 1. The first-order chi connectivity index (χ1) is 8.92. The van der Waals surface area contributed by atoms with E-state index in [0.717, 1.165) is 24.7 Å². The van der Waals surface area contributed by atoms with Crippen molar-refractivity contribution in [2.24, 2.45) is 5.92 Å². The Hall–Kier alpha value is -0.930. The van der Waals surface area contributed by atoms with Gasteiger partial charge in [-0.25, -0.2) is 0 Å². The maximum absolute atomic E-state index is 4.59. The predicted octanol–water partition coefficient (Wildman–Crippen LogP) is 2.60. The van der Waals surface area contributed by atoms with Crippen LogP contribution in [0.4, 0.5) is 0 Å². The highest BCUT2D eigenvalue weighted by Crippen LogP contribution is 2.18. The molecule has 0 saturated carbocycles. The van der Waals surface area contributed by atoms with Gasteiger partial charge in [0.1, 0.15) is 0 Å². The summed E-state index contributed by atoms with van der Waals surface area (Å²) in [7, 11) is 0. The molecule has 1 fully saturated rings. The van der Waals surface area contributed by atoms with Crippen LogP contribution in [0.1, 0.15) is 38.6 Å². The number of hydrogen-bond donors (Lipinski definition) is 1. The first-order valence-electron chi connectivity index (χ1n) is 7.32. The van der Waals surface area contributed by atoms with E-state index >= 15 is 0 Å². The third-order valence-electron chi connectivity index (χ3n) is 3.62. The fraction of sp³-hybridized carbons (Fsp3) is 0.688. The summed E-state index contributed by atoms with van der Waals surface area (Å²) < 4.78 is 0. The zero-order chi connectivity index (χ0) is 13.9. The molecule has 0 aliphatic carbocycles. The van der Waals surface area contributed by atoms with Crippen LogP contribution in [-0.2, 0) is 6.54 Å². The zero-order valence-corrected chi connectivity index (χ0v) is 12.7. The average Bonchev–Trinajstić information content (AvgIpc) is 2.73. The van der Waals surface area contributed by atoms with Crippen LogP contribution >= 0.6 is 0 Å². The molecule has 1 aromatic rings. The molecular formula is C16H27N3. The van der Waals surface area contributed by atoms with Gasteiger partial charge < -0.3 is 5.32 Å². The highest BCUT2D eigenvalue weighted by Gasteiger charge is 2.23. The van der Waals surface area contributed by atoms with Crippen molar-refractivity contribution in [1.29, 1.82) is 0 Å². The van der Waals surface area contributed by atoms with Gasteiger partial charge in [0, 0.05) is 24.3 Å². The van der Waals surface area contributed by atoms with E-state index in [1.165, 1.54) is 25.2 Å². The summed E-state index contributed by atoms with van der Waals surface area (Å²) in [5.41, 5.74) is 2.54. The lowest BCUT2D eigenvalue weighted by Crippen LogP contribution is -2.39. The van der Waals surface area contributed by atoms with Crippen molar-refractivity contribution in [2.75, 3.05) is 19.6 Å². The summed E-state index contributed by atoms with van der Waals surface area (Å²) in [4.78, 5) is 7.11. The van der Waals surface area contributed by atoms with Gasteiger partial charge in [-0.2, -0.15) is 0 Å². The number of aromatic nitrogens is 1. The quantitative estimate of drug-likeness (QED) is 0.903. The minimum absolute atomic E-state index is 0.228. The molecule has 1 atom stereocenters. The Morgan fingerprint density at radius 1 is 1.37 bits per heavy atom. The van der Waals surface area contributed by atoms with Gasteiger partial charge in [-0.3, -0.25) is 9.88 Å². The van der Waals surface area contributed by atoms with Crippen LogP contribution in [0.5, 0.6) is 0 Å². The number of pyridine rings is 1. The molecule has 106 valence electrons. The molecule has 3 heteroatoms. The molecule has 0 radical (unpaired) electrons. The Morgan fingerprint density at radius 3 is 2.84 bits per heavy atom. The highest BCUT2D eigenvalue weighted by molar-refractivity contribution is 5.10. The van der Waals surface area contributed by atoms with Crippen molar-refractivity contribution in [3.05, 3.63) is 29.6 Å². The number of hydrogen-bond acceptors (Lipinski definition) is 3. The van der Waals surface area contributed by atoms with E-state index in [0.29, 0.717) is 0 Å². The summed E-state index contributed by atoms with van der Waals surface area (Å²) in [6.45, 7) is 13.3. The Labute approximate surface area is 117 Å². The van der Waals surface area contributed by atoms with E-state index < -0.39 is 0 Å². The largest absolute Gasteiger partial charge is 0.312 e. The van der Waals surface area contributed by atoms with Crippen LogP contribution in [0.15, 0.2) is 18.2 Å². The van der Waals surface area contributed by atoms with Gasteiger partial charge in [-0.1, -0.05) is 6.07 Å². The molecule has 1 saturated heterocycles. The highest BCUT2D eigenvalue weighted by atomic mass is 15.2. The summed E-state index contributed by atoms with van der Waals surface area (Å²) in [5, 5.41) is 3.62. The van der Waals surface area contributed by atoms with E-state index in [2.05, 4.69) is 61.1 Å². The monoisotopic (exact) mass is 261 g/mol. The second-order valence-electron chi connectivity index (χ2n) is 6.79. The molecule has 1 aliphatic rings. The Morgan fingerprint density at radius 2 is 2.16 bits per heavy atom. The number of rotatable bonds is 4. The molecule has 0 bridgehead atoms. The maximum atomic E-state index is 4.59. The lowest BCUT2D eigenvalue weighted by atomic mass is 10.1. The molecule has 1 N–H and O–H groups in total. The van der Waals surface area contributed by atoms with E-state index in [9.17, 15) is 0 Å². The van der Waals surface area contributed by atoms with E-state index in [-0.39, 0.29) is 5.54 Å². The molecule has 1 aliphatic heterocycles. The van der Waals surface area contributed by atoms with Crippen LogP contribution in [0.3, 0.4) is 0 Å². The van der Waals surface area contributed by atoms with Crippen LogP contribution in [0.2, 0.25) is 0 Å². The van der Waals surface area contributed by atoms with Gasteiger partial charge >= 0.3 is 0 Å². The Bertz CT molecular complexity index is 409. The molecule has 3 nitrogen and oxygen atoms in total. The standard InChI is InChI=1S/C16H27N3/c1-13-6-5-7-15(18-13)12-19-9-8-14(11-19)10-17-16(2,3)4/h5-7,14,17H,8-12H2,1-4H3. The second-order valence-corrected chi connectivity index (χ2v) is 6.79. The van der Waals surface area contributed by atoms with Crippen molar-refractivity contribution in [3.63, 3.8) is 0 Å². The number of nitrogens with one attached hydrogen (secondary N) is 1. The number of likely N-dealkylation sites (tertiary alicyclic amines) is 1. The fourth-order valence-corrected chi connectivity index (χ4v) is 2.59. The topological polar surface area (TPSA) is 28.2 Å². The summed E-state index contributed by atoms with van der Waals surface area (Å²) in [5.74, 6) is 0.782. The summed E-state index contributed by atoms with van der Waals surface area (Å²) in [6, 6.07) is 6.30. The second kappa shape index (κ2) is 6.02. The Kier molecular flexibility index (Phi) is 4.58. The molecule has 0 aromatic carbocycles. The third-order valence-corrected chi connectivity index (χ3v) is 3.62.